The van der Waals surface area contributed by atoms with E-state index in [-0.39, 0.29) is 0 Å². The first-order valence-corrected chi connectivity index (χ1v) is 8.65. The number of hydrogen-bond acceptors (Lipinski definition) is 5. The fourth-order valence-electron chi connectivity index (χ4n) is 3.27. The summed E-state index contributed by atoms with van der Waals surface area (Å²) in [4.78, 5) is 2.31. The summed E-state index contributed by atoms with van der Waals surface area (Å²) in [6.45, 7) is 6.59. The molecule has 2 atom stereocenters. The molecular formula is C19H26N4O. The molecule has 1 aliphatic heterocycles. The van der Waals surface area contributed by atoms with E-state index in [0.29, 0.717) is 12.6 Å². The van der Waals surface area contributed by atoms with Gasteiger partial charge in [-0.3, -0.25) is 0 Å². The zero-order valence-corrected chi connectivity index (χ0v) is 14.4. The van der Waals surface area contributed by atoms with Crippen LogP contribution in [0.25, 0.3) is 0 Å². The Morgan fingerprint density at radius 2 is 2.17 bits per heavy atom. The van der Waals surface area contributed by atoms with Crippen LogP contribution < -0.4 is 10.2 Å². The molecule has 24 heavy (non-hydrogen) atoms. The van der Waals surface area contributed by atoms with Gasteiger partial charge in [0.25, 0.3) is 0 Å². The quantitative estimate of drug-likeness (QED) is 0.853. The van der Waals surface area contributed by atoms with E-state index >= 15 is 0 Å². The number of aryl methyl sites for hydroxylation is 2. The number of aliphatic hydroxyl groups is 1. The monoisotopic (exact) mass is 326 g/mol. The van der Waals surface area contributed by atoms with Crippen molar-refractivity contribution in [2.24, 2.45) is 0 Å². The molecule has 0 saturated carbocycles. The zero-order valence-electron chi connectivity index (χ0n) is 14.4. The third-order valence-electron chi connectivity index (χ3n) is 4.86. The normalized spacial score (nSPS) is 18.8. The number of rotatable bonds is 6. The first-order chi connectivity index (χ1) is 11.6. The number of hydrogen-bond donors (Lipinski definition) is 2. The molecule has 2 aromatic rings. The Bertz CT molecular complexity index is 662. The maximum atomic E-state index is 10.4. The van der Waals surface area contributed by atoms with Crippen LogP contribution in [0.4, 0.5) is 5.82 Å². The van der Waals surface area contributed by atoms with E-state index in [9.17, 15) is 5.11 Å². The van der Waals surface area contributed by atoms with Crippen LogP contribution in [0.15, 0.2) is 36.5 Å². The molecule has 1 aromatic carbocycles. The molecule has 1 fully saturated rings. The maximum absolute atomic E-state index is 10.4. The van der Waals surface area contributed by atoms with Crippen molar-refractivity contribution in [2.45, 2.75) is 38.8 Å². The predicted molar refractivity (Wildman–Crippen MR) is 96.1 cm³/mol. The number of aromatic nitrogens is 2. The van der Waals surface area contributed by atoms with Crippen molar-refractivity contribution in [2.75, 3.05) is 24.5 Å². The largest absolute Gasteiger partial charge is 0.387 e. The molecule has 2 heterocycles. The Labute approximate surface area is 143 Å². The minimum Gasteiger partial charge on any atom is -0.387 e. The smallest absolute Gasteiger partial charge is 0.151 e. The zero-order chi connectivity index (χ0) is 16.9. The summed E-state index contributed by atoms with van der Waals surface area (Å²) in [6, 6.07) is 10.5. The van der Waals surface area contributed by atoms with Crippen molar-refractivity contribution < 1.29 is 5.11 Å². The summed E-state index contributed by atoms with van der Waals surface area (Å²) in [6.07, 6.45) is 3.54. The fraction of sp³-hybridized carbons (Fsp3) is 0.474. The lowest BCUT2D eigenvalue weighted by Crippen LogP contribution is -2.39. The molecular weight excluding hydrogens is 300 g/mol. The van der Waals surface area contributed by atoms with Crippen LogP contribution in [-0.2, 0) is 0 Å². The highest BCUT2D eigenvalue weighted by Crippen LogP contribution is 2.23. The molecule has 2 N–H and O–H groups in total. The van der Waals surface area contributed by atoms with E-state index in [1.54, 1.807) is 6.20 Å². The Balaban J connectivity index is 1.53. The molecule has 1 aliphatic rings. The Morgan fingerprint density at radius 1 is 1.29 bits per heavy atom. The van der Waals surface area contributed by atoms with Gasteiger partial charge in [0, 0.05) is 31.9 Å². The minimum absolute atomic E-state index is 0.411. The first kappa shape index (κ1) is 16.9. The average molecular weight is 326 g/mol. The molecule has 128 valence electrons. The van der Waals surface area contributed by atoms with E-state index in [0.717, 1.165) is 30.9 Å². The fourth-order valence-corrected chi connectivity index (χ4v) is 3.27. The van der Waals surface area contributed by atoms with Gasteiger partial charge in [-0.05, 0) is 55.5 Å². The van der Waals surface area contributed by atoms with Gasteiger partial charge >= 0.3 is 0 Å². The van der Waals surface area contributed by atoms with Gasteiger partial charge in [-0.15, -0.1) is 5.10 Å². The second-order valence-corrected chi connectivity index (χ2v) is 6.59. The molecule has 0 bridgehead atoms. The minimum atomic E-state index is -0.476. The van der Waals surface area contributed by atoms with E-state index in [1.165, 1.54) is 17.5 Å². The number of nitrogens with one attached hydrogen (secondary N) is 1. The molecule has 0 radical (unpaired) electrons. The first-order valence-electron chi connectivity index (χ1n) is 8.65. The lowest BCUT2D eigenvalue weighted by atomic mass is 10.0. The molecule has 0 amide bonds. The summed E-state index contributed by atoms with van der Waals surface area (Å²) in [5.74, 6) is 0.941. The number of benzene rings is 1. The Hall–Kier alpha value is -1.98. The lowest BCUT2D eigenvalue weighted by Gasteiger charge is -2.26. The van der Waals surface area contributed by atoms with Crippen LogP contribution in [0, 0.1) is 13.8 Å². The van der Waals surface area contributed by atoms with Crippen molar-refractivity contribution >= 4 is 5.82 Å². The molecule has 1 aromatic heterocycles. The van der Waals surface area contributed by atoms with E-state index < -0.39 is 6.10 Å². The van der Waals surface area contributed by atoms with Crippen LogP contribution in [0.5, 0.6) is 0 Å². The van der Waals surface area contributed by atoms with Gasteiger partial charge in [0.15, 0.2) is 5.82 Å². The molecule has 0 aliphatic carbocycles. The van der Waals surface area contributed by atoms with Crippen LogP contribution in [-0.4, -0.2) is 41.0 Å². The van der Waals surface area contributed by atoms with E-state index in [1.807, 2.05) is 18.2 Å². The van der Waals surface area contributed by atoms with E-state index in [2.05, 4.69) is 46.4 Å². The number of anilines is 1. The Morgan fingerprint density at radius 3 is 2.92 bits per heavy atom. The van der Waals surface area contributed by atoms with Crippen molar-refractivity contribution in [3.63, 3.8) is 0 Å². The highest BCUT2D eigenvalue weighted by Gasteiger charge is 2.25. The molecule has 5 heteroatoms. The summed E-state index contributed by atoms with van der Waals surface area (Å²) in [5, 5.41) is 22.0. The van der Waals surface area contributed by atoms with Crippen molar-refractivity contribution in [3.8, 4) is 0 Å². The summed E-state index contributed by atoms with van der Waals surface area (Å²) in [7, 11) is 0. The van der Waals surface area contributed by atoms with Crippen molar-refractivity contribution in [1.82, 2.24) is 15.5 Å². The van der Waals surface area contributed by atoms with Crippen LogP contribution >= 0.6 is 0 Å². The summed E-state index contributed by atoms with van der Waals surface area (Å²) < 4.78 is 0. The molecule has 3 rings (SSSR count). The number of nitrogens with zero attached hydrogens (tertiary/aromatic N) is 3. The van der Waals surface area contributed by atoms with Gasteiger partial charge in [-0.2, -0.15) is 5.10 Å². The highest BCUT2D eigenvalue weighted by molar-refractivity contribution is 5.39. The second-order valence-electron chi connectivity index (χ2n) is 6.59. The average Bonchev–Trinajstić information content (AvgIpc) is 3.06. The van der Waals surface area contributed by atoms with Crippen LogP contribution in [0.2, 0.25) is 0 Å². The molecule has 1 saturated heterocycles. The van der Waals surface area contributed by atoms with E-state index in [4.69, 9.17) is 0 Å². The molecule has 5 nitrogen and oxygen atoms in total. The standard InChI is InChI=1S/C19H26N4O/c1-14-7-8-16(11-15(14)2)18(24)13-20-12-17-5-4-10-23(17)19-6-3-9-21-22-19/h3,6-9,11,17-18,20,24H,4-5,10,12-13H2,1-2H3/t17-,18-/m0/s1. The van der Waals surface area contributed by atoms with Crippen molar-refractivity contribution in [1.29, 1.82) is 0 Å². The number of aliphatic hydroxyl groups excluding tert-OH is 1. The summed E-state index contributed by atoms with van der Waals surface area (Å²) in [5.41, 5.74) is 3.45. The SMILES string of the molecule is Cc1ccc([C@@H](O)CNC[C@@H]2CCCN2c2cccnn2)cc1C. The summed E-state index contributed by atoms with van der Waals surface area (Å²) >= 11 is 0. The highest BCUT2D eigenvalue weighted by atomic mass is 16.3. The predicted octanol–water partition coefficient (Wildman–Crippen LogP) is 2.39. The van der Waals surface area contributed by atoms with Crippen LogP contribution in [0.1, 0.15) is 35.6 Å². The third kappa shape index (κ3) is 3.91. The molecule has 0 unspecified atom stereocenters. The van der Waals surface area contributed by atoms with Gasteiger partial charge in [0.05, 0.1) is 6.10 Å². The van der Waals surface area contributed by atoms with Gasteiger partial charge in [0.2, 0.25) is 0 Å². The second kappa shape index (κ2) is 7.73. The van der Waals surface area contributed by atoms with Gasteiger partial charge < -0.3 is 15.3 Å². The van der Waals surface area contributed by atoms with Gasteiger partial charge in [0.1, 0.15) is 0 Å². The lowest BCUT2D eigenvalue weighted by molar-refractivity contribution is 0.174. The van der Waals surface area contributed by atoms with Crippen molar-refractivity contribution in [3.05, 3.63) is 53.2 Å². The Kier molecular flexibility index (Phi) is 5.43. The van der Waals surface area contributed by atoms with Gasteiger partial charge in [-0.25, -0.2) is 0 Å². The maximum Gasteiger partial charge on any atom is 0.151 e. The van der Waals surface area contributed by atoms with Gasteiger partial charge in [-0.1, -0.05) is 18.2 Å². The van der Waals surface area contributed by atoms with Crippen LogP contribution in [0.3, 0.4) is 0 Å². The third-order valence-corrected chi connectivity index (χ3v) is 4.86. The molecule has 0 spiro atoms. The topological polar surface area (TPSA) is 61.3 Å².